The summed E-state index contributed by atoms with van der Waals surface area (Å²) >= 11 is 0. The van der Waals surface area contributed by atoms with E-state index in [-0.39, 0.29) is 7.92 Å². The van der Waals surface area contributed by atoms with Gasteiger partial charge in [0.1, 0.15) is 0 Å². The number of aromatic nitrogens is 1. The van der Waals surface area contributed by atoms with Gasteiger partial charge < -0.3 is 0 Å². The Bertz CT molecular complexity index is 503. The molecule has 2 heteroatoms. The van der Waals surface area contributed by atoms with Crippen LogP contribution in [-0.4, -0.2) is 17.3 Å². The van der Waals surface area contributed by atoms with Crippen LogP contribution in [0.3, 0.4) is 0 Å². The lowest BCUT2D eigenvalue weighted by molar-refractivity contribution is 0.561. The normalized spacial score (nSPS) is 11.7. The van der Waals surface area contributed by atoms with Gasteiger partial charge in [-0.3, -0.25) is 4.98 Å². The van der Waals surface area contributed by atoms with Gasteiger partial charge in [-0.25, -0.2) is 0 Å². The molecule has 1 aromatic heterocycles. The summed E-state index contributed by atoms with van der Waals surface area (Å²) in [4.78, 5) is 4.49. The van der Waals surface area contributed by atoms with E-state index in [2.05, 4.69) is 42.9 Å². The van der Waals surface area contributed by atoms with E-state index in [1.54, 1.807) is 0 Å². The van der Waals surface area contributed by atoms with E-state index in [9.17, 15) is 0 Å². The molecule has 33 heavy (non-hydrogen) atoms. The molecule has 0 radical (unpaired) electrons. The zero-order chi connectivity index (χ0) is 23.7. The van der Waals surface area contributed by atoms with Crippen LogP contribution >= 0.6 is 7.92 Å². The van der Waals surface area contributed by atoms with Crippen LogP contribution in [0.1, 0.15) is 148 Å². The molecule has 0 aromatic carbocycles. The first kappa shape index (κ1) is 30.4. The average Bonchev–Trinajstić information content (AvgIpc) is 2.85. The van der Waals surface area contributed by atoms with Gasteiger partial charge in [-0.05, 0) is 43.4 Å². The van der Waals surface area contributed by atoms with Crippen molar-refractivity contribution in [1.29, 1.82) is 0 Å². The van der Waals surface area contributed by atoms with Crippen LogP contribution in [0.15, 0.2) is 30.2 Å². The van der Waals surface area contributed by atoms with Crippen LogP contribution in [0.25, 0.3) is 6.08 Å². The van der Waals surface area contributed by atoms with Crippen molar-refractivity contribution in [1.82, 2.24) is 4.98 Å². The Morgan fingerprint density at radius 3 is 1.39 bits per heavy atom. The fourth-order valence-electron chi connectivity index (χ4n) is 4.52. The van der Waals surface area contributed by atoms with Crippen LogP contribution in [-0.2, 0) is 0 Å². The third-order valence-corrected chi connectivity index (χ3v) is 9.09. The summed E-state index contributed by atoms with van der Waals surface area (Å²) in [5.74, 6) is 2.53. The second kappa shape index (κ2) is 24.4. The van der Waals surface area contributed by atoms with Gasteiger partial charge >= 0.3 is 0 Å². The lowest BCUT2D eigenvalue weighted by atomic mass is 10.1. The average molecular weight is 474 g/mol. The van der Waals surface area contributed by atoms with Gasteiger partial charge in [-0.1, -0.05) is 149 Å². The first-order valence-corrected chi connectivity index (χ1v) is 16.5. The summed E-state index contributed by atoms with van der Waals surface area (Å²) in [6.45, 7) is 4.60. The number of rotatable bonds is 24. The number of hydrogen-bond acceptors (Lipinski definition) is 1. The van der Waals surface area contributed by atoms with Gasteiger partial charge in [-0.15, -0.1) is 0 Å². The fourth-order valence-corrected chi connectivity index (χ4v) is 6.67. The van der Waals surface area contributed by atoms with Gasteiger partial charge in [0.05, 0.1) is 5.69 Å². The monoisotopic (exact) mass is 473 g/mol. The third kappa shape index (κ3) is 20.4. The van der Waals surface area contributed by atoms with Crippen LogP contribution in [0.2, 0.25) is 0 Å². The van der Waals surface area contributed by atoms with Crippen LogP contribution in [0.5, 0.6) is 0 Å². The van der Waals surface area contributed by atoms with E-state index in [0.29, 0.717) is 0 Å². The van der Waals surface area contributed by atoms with E-state index in [4.69, 9.17) is 0 Å². The van der Waals surface area contributed by atoms with Crippen molar-refractivity contribution in [3.63, 3.8) is 0 Å². The Morgan fingerprint density at radius 1 is 0.576 bits per heavy atom. The highest BCUT2D eigenvalue weighted by Gasteiger charge is 2.05. The summed E-state index contributed by atoms with van der Waals surface area (Å²) in [6.07, 6.45) is 35.7. The summed E-state index contributed by atoms with van der Waals surface area (Å²) in [7, 11) is 0.0260. The molecule has 0 saturated carbocycles. The highest BCUT2D eigenvalue weighted by Crippen LogP contribution is 2.40. The van der Waals surface area contributed by atoms with Crippen molar-refractivity contribution in [2.75, 3.05) is 12.3 Å². The molecule has 1 aromatic rings. The van der Waals surface area contributed by atoms with Gasteiger partial charge in [0.2, 0.25) is 0 Å². The molecule has 0 bridgehead atoms. The summed E-state index contributed by atoms with van der Waals surface area (Å²) < 4.78 is 0. The molecular formula is C31H56NP. The molecule has 0 aliphatic rings. The van der Waals surface area contributed by atoms with Gasteiger partial charge in [0, 0.05) is 6.20 Å². The molecule has 0 spiro atoms. The second-order valence-corrected chi connectivity index (χ2v) is 12.3. The van der Waals surface area contributed by atoms with Gasteiger partial charge in [0.15, 0.2) is 0 Å². The van der Waals surface area contributed by atoms with Crippen molar-refractivity contribution in [2.45, 2.75) is 142 Å². The maximum Gasteiger partial charge on any atom is 0.0630 e. The lowest BCUT2D eigenvalue weighted by Crippen LogP contribution is -1.91. The Balaban J connectivity index is 2.17. The summed E-state index contributed by atoms with van der Waals surface area (Å²) in [5, 5.41) is 0. The Hall–Kier alpha value is -0.680. The molecule has 0 aliphatic carbocycles. The zero-order valence-corrected chi connectivity index (χ0v) is 23.3. The molecule has 1 rings (SSSR count). The number of unbranched alkanes of at least 4 members (excludes halogenated alkanes) is 18. The largest absolute Gasteiger partial charge is 0.257 e. The Kier molecular flexibility index (Phi) is 22.5. The predicted octanol–water partition coefficient (Wildman–Crippen LogP) is 11.4. The highest BCUT2D eigenvalue weighted by molar-refractivity contribution is 7.61. The fraction of sp³-hybridized carbons (Fsp3) is 0.774. The standard InChI is InChI=1S/C31H56NP/c1-3-5-7-9-11-13-15-17-19-23-28-33(30-26-31-25-21-22-27-32-31)29-24-20-18-16-14-12-10-8-6-4-2/h21-22,25-27,30H,3-20,23-24,28-29H2,1-2H3. The van der Waals surface area contributed by atoms with Crippen molar-refractivity contribution >= 4 is 14.0 Å². The molecule has 0 aliphatic heterocycles. The van der Waals surface area contributed by atoms with E-state index >= 15 is 0 Å². The Labute approximate surface area is 209 Å². The number of nitrogens with zero attached hydrogens (tertiary/aromatic N) is 1. The van der Waals surface area contributed by atoms with E-state index in [0.717, 1.165) is 5.69 Å². The van der Waals surface area contributed by atoms with Crippen molar-refractivity contribution in [3.05, 3.63) is 35.9 Å². The molecule has 0 unspecified atom stereocenters. The quantitative estimate of drug-likeness (QED) is 0.107. The molecule has 190 valence electrons. The smallest absolute Gasteiger partial charge is 0.0630 e. The molecule has 0 fully saturated rings. The predicted molar refractivity (Wildman–Crippen MR) is 154 cm³/mol. The minimum atomic E-state index is 0.0260. The molecule has 0 amide bonds. The lowest BCUT2D eigenvalue weighted by Gasteiger charge is -2.14. The van der Waals surface area contributed by atoms with Gasteiger partial charge in [-0.2, -0.15) is 0 Å². The SMILES string of the molecule is CCCCCCCCCCCCP(C=Cc1ccccn1)CCCCCCCCCCCC. The van der Waals surface area contributed by atoms with E-state index in [1.807, 2.05) is 12.3 Å². The number of pyridine rings is 1. The highest BCUT2D eigenvalue weighted by atomic mass is 31.1. The topological polar surface area (TPSA) is 12.9 Å². The molecule has 0 N–H and O–H groups in total. The summed E-state index contributed by atoms with van der Waals surface area (Å²) in [6, 6.07) is 6.23. The van der Waals surface area contributed by atoms with Crippen molar-refractivity contribution in [2.24, 2.45) is 0 Å². The van der Waals surface area contributed by atoms with Crippen LogP contribution in [0, 0.1) is 0 Å². The Morgan fingerprint density at radius 2 is 1.00 bits per heavy atom. The van der Waals surface area contributed by atoms with E-state index < -0.39 is 0 Å². The third-order valence-electron chi connectivity index (χ3n) is 6.74. The molecule has 1 heterocycles. The second-order valence-electron chi connectivity index (χ2n) is 9.97. The maximum atomic E-state index is 4.49. The number of hydrogen-bond donors (Lipinski definition) is 0. The van der Waals surface area contributed by atoms with Crippen molar-refractivity contribution < 1.29 is 0 Å². The molecule has 0 saturated heterocycles. The van der Waals surface area contributed by atoms with Gasteiger partial charge in [0.25, 0.3) is 0 Å². The van der Waals surface area contributed by atoms with Crippen LogP contribution in [0.4, 0.5) is 0 Å². The summed E-state index contributed by atoms with van der Waals surface area (Å²) in [5.41, 5.74) is 1.12. The minimum Gasteiger partial charge on any atom is -0.257 e. The molecular weight excluding hydrogens is 417 g/mol. The zero-order valence-electron chi connectivity index (χ0n) is 22.4. The maximum absolute atomic E-state index is 4.49. The van der Waals surface area contributed by atoms with Crippen molar-refractivity contribution in [3.8, 4) is 0 Å². The first-order valence-electron chi connectivity index (χ1n) is 14.7. The first-order chi connectivity index (χ1) is 16.4. The van der Waals surface area contributed by atoms with Crippen LogP contribution < -0.4 is 0 Å². The molecule has 1 nitrogen and oxygen atoms in total. The van der Waals surface area contributed by atoms with E-state index in [1.165, 1.54) is 141 Å². The minimum absolute atomic E-state index is 0.0260. The molecule has 0 atom stereocenters.